The highest BCUT2D eigenvalue weighted by Gasteiger charge is 2.35. The highest BCUT2D eigenvalue weighted by molar-refractivity contribution is 6.21. The van der Waals surface area contributed by atoms with E-state index in [1.54, 1.807) is 36.4 Å². The van der Waals surface area contributed by atoms with E-state index >= 15 is 0 Å². The molecule has 0 aliphatic carbocycles. The third-order valence-electron chi connectivity index (χ3n) is 4.86. The van der Waals surface area contributed by atoms with Crippen LogP contribution < -0.4 is 0 Å². The molecular formula is C22H21F3N2O3. The Kier molecular flexibility index (Phi) is 6.24. The quantitative estimate of drug-likeness (QED) is 0.631. The molecule has 0 atom stereocenters. The van der Waals surface area contributed by atoms with Crippen molar-refractivity contribution in [2.75, 3.05) is 13.1 Å². The van der Waals surface area contributed by atoms with Crippen molar-refractivity contribution in [3.63, 3.8) is 0 Å². The van der Waals surface area contributed by atoms with Gasteiger partial charge in [0.25, 0.3) is 17.7 Å². The van der Waals surface area contributed by atoms with E-state index in [9.17, 15) is 27.6 Å². The number of alkyl halides is 3. The molecule has 0 saturated carbocycles. The molecule has 0 spiro atoms. The molecule has 2 aromatic carbocycles. The Morgan fingerprint density at radius 1 is 0.967 bits per heavy atom. The third kappa shape index (κ3) is 4.69. The summed E-state index contributed by atoms with van der Waals surface area (Å²) in [5.41, 5.74) is 1.40. The third-order valence-corrected chi connectivity index (χ3v) is 4.86. The number of rotatable bonds is 7. The number of imide groups is 1. The van der Waals surface area contributed by atoms with E-state index in [0.717, 1.165) is 9.80 Å². The van der Waals surface area contributed by atoms with Gasteiger partial charge in [-0.3, -0.25) is 19.3 Å². The molecule has 0 aromatic heterocycles. The predicted molar refractivity (Wildman–Crippen MR) is 104 cm³/mol. The first-order valence-electron chi connectivity index (χ1n) is 9.61. The van der Waals surface area contributed by atoms with E-state index in [0.29, 0.717) is 29.5 Å². The summed E-state index contributed by atoms with van der Waals surface area (Å²) in [4.78, 5) is 39.3. The predicted octanol–water partition coefficient (Wildman–Crippen LogP) is 4.29. The van der Waals surface area contributed by atoms with E-state index in [-0.39, 0.29) is 18.7 Å². The van der Waals surface area contributed by atoms with Gasteiger partial charge < -0.3 is 4.90 Å². The first-order valence-corrected chi connectivity index (χ1v) is 9.61. The van der Waals surface area contributed by atoms with E-state index in [4.69, 9.17) is 0 Å². The highest BCUT2D eigenvalue weighted by atomic mass is 19.4. The number of amides is 3. The summed E-state index contributed by atoms with van der Waals surface area (Å²) in [7, 11) is 0. The zero-order valence-electron chi connectivity index (χ0n) is 16.4. The van der Waals surface area contributed by atoms with Crippen molar-refractivity contribution >= 4 is 17.7 Å². The fourth-order valence-electron chi connectivity index (χ4n) is 3.32. The zero-order chi connectivity index (χ0) is 21.9. The second-order valence-electron chi connectivity index (χ2n) is 7.13. The van der Waals surface area contributed by atoms with Gasteiger partial charge >= 0.3 is 6.18 Å². The summed E-state index contributed by atoms with van der Waals surface area (Å²) < 4.78 is 38.5. The first-order chi connectivity index (χ1) is 14.2. The number of fused-ring (bicyclic) bond motifs is 1. The van der Waals surface area contributed by atoms with Crippen LogP contribution in [0, 0.1) is 0 Å². The van der Waals surface area contributed by atoms with Gasteiger partial charge in [-0.15, -0.1) is 0 Å². The number of unbranched alkanes of at least 4 members (excludes halogenated alkanes) is 1. The van der Waals surface area contributed by atoms with Crippen LogP contribution in [0.15, 0.2) is 48.5 Å². The molecule has 30 heavy (non-hydrogen) atoms. The lowest BCUT2D eigenvalue weighted by Gasteiger charge is -2.24. The number of hydrogen-bond acceptors (Lipinski definition) is 3. The molecule has 3 rings (SSSR count). The summed E-state index contributed by atoms with van der Waals surface area (Å²) in [5, 5.41) is 0. The minimum atomic E-state index is -4.48. The van der Waals surface area contributed by atoms with Crippen molar-refractivity contribution in [2.45, 2.75) is 32.5 Å². The van der Waals surface area contributed by atoms with Gasteiger partial charge in [-0.2, -0.15) is 13.2 Å². The molecule has 2 aromatic rings. The van der Waals surface area contributed by atoms with Gasteiger partial charge in [0.2, 0.25) is 0 Å². The average Bonchev–Trinajstić information content (AvgIpc) is 2.95. The van der Waals surface area contributed by atoms with Crippen molar-refractivity contribution in [3.8, 4) is 0 Å². The van der Waals surface area contributed by atoms with Crippen LogP contribution in [0.25, 0.3) is 0 Å². The Balaban J connectivity index is 1.72. The topological polar surface area (TPSA) is 57.7 Å². The van der Waals surface area contributed by atoms with Gasteiger partial charge in [-0.05, 0) is 36.2 Å². The van der Waals surface area contributed by atoms with Gasteiger partial charge in [-0.1, -0.05) is 37.6 Å². The SMILES string of the molecule is CCCCN(CC(F)(F)F)C(=O)c1ccc(CN2C(=O)c3ccccc3C2=O)cc1. The van der Waals surface area contributed by atoms with Crippen LogP contribution in [0.3, 0.4) is 0 Å². The van der Waals surface area contributed by atoms with Crippen LogP contribution in [0.4, 0.5) is 13.2 Å². The van der Waals surface area contributed by atoms with Crippen LogP contribution in [0.5, 0.6) is 0 Å². The maximum absolute atomic E-state index is 12.8. The molecule has 1 heterocycles. The van der Waals surface area contributed by atoms with Crippen LogP contribution in [0.1, 0.15) is 56.4 Å². The molecular weight excluding hydrogens is 397 g/mol. The summed E-state index contributed by atoms with van der Waals surface area (Å²) in [6.07, 6.45) is -3.34. The molecule has 0 bridgehead atoms. The molecule has 0 N–H and O–H groups in total. The number of halogens is 3. The molecule has 5 nitrogen and oxygen atoms in total. The molecule has 1 aliphatic heterocycles. The fourth-order valence-corrected chi connectivity index (χ4v) is 3.32. The maximum atomic E-state index is 12.8. The van der Waals surface area contributed by atoms with Gasteiger partial charge in [0.05, 0.1) is 17.7 Å². The molecule has 1 aliphatic rings. The molecule has 0 radical (unpaired) electrons. The maximum Gasteiger partial charge on any atom is 0.406 e. The number of nitrogens with zero attached hydrogens (tertiary/aromatic N) is 2. The summed E-state index contributed by atoms with van der Waals surface area (Å²) in [6, 6.07) is 12.5. The molecule has 158 valence electrons. The smallest absolute Gasteiger partial charge is 0.330 e. The van der Waals surface area contributed by atoms with Crippen LogP contribution in [0.2, 0.25) is 0 Å². The number of hydrogen-bond donors (Lipinski definition) is 0. The number of carbonyl (C=O) groups excluding carboxylic acids is 3. The van der Waals surface area contributed by atoms with Gasteiger partial charge in [0, 0.05) is 12.1 Å². The Bertz CT molecular complexity index is 920. The monoisotopic (exact) mass is 418 g/mol. The number of carbonyl (C=O) groups is 3. The van der Waals surface area contributed by atoms with Crippen molar-refractivity contribution < 1.29 is 27.6 Å². The van der Waals surface area contributed by atoms with Gasteiger partial charge in [0.15, 0.2) is 0 Å². The molecule has 0 saturated heterocycles. The van der Waals surface area contributed by atoms with Crippen molar-refractivity contribution in [3.05, 3.63) is 70.8 Å². The second kappa shape index (κ2) is 8.69. The Labute approximate surface area is 172 Å². The van der Waals surface area contributed by atoms with Crippen molar-refractivity contribution in [1.29, 1.82) is 0 Å². The van der Waals surface area contributed by atoms with E-state index in [1.165, 1.54) is 12.1 Å². The van der Waals surface area contributed by atoms with Crippen LogP contribution in [-0.2, 0) is 6.54 Å². The molecule has 8 heteroatoms. The Hall–Kier alpha value is -3.16. The van der Waals surface area contributed by atoms with Crippen LogP contribution >= 0.6 is 0 Å². The Morgan fingerprint density at radius 3 is 2.03 bits per heavy atom. The van der Waals surface area contributed by atoms with Crippen LogP contribution in [-0.4, -0.2) is 46.8 Å². The summed E-state index contributed by atoms with van der Waals surface area (Å²) in [6.45, 7) is 0.571. The summed E-state index contributed by atoms with van der Waals surface area (Å²) in [5.74, 6) is -1.49. The highest BCUT2D eigenvalue weighted by Crippen LogP contribution is 2.24. The van der Waals surface area contributed by atoms with E-state index in [2.05, 4.69) is 0 Å². The lowest BCUT2D eigenvalue weighted by molar-refractivity contribution is -0.140. The standard InChI is InChI=1S/C22H21F3N2O3/c1-2-3-12-26(14-22(23,24)25)19(28)16-10-8-15(9-11-16)13-27-20(29)17-6-4-5-7-18(17)21(27)30/h4-11H,2-3,12-14H2,1H3. The second-order valence-corrected chi connectivity index (χ2v) is 7.13. The molecule has 3 amide bonds. The van der Waals surface area contributed by atoms with Gasteiger partial charge in [-0.25, -0.2) is 0 Å². The lowest BCUT2D eigenvalue weighted by Crippen LogP contribution is -2.39. The van der Waals surface area contributed by atoms with Crippen molar-refractivity contribution in [2.24, 2.45) is 0 Å². The lowest BCUT2D eigenvalue weighted by atomic mass is 10.1. The fraction of sp³-hybridized carbons (Fsp3) is 0.318. The molecule has 0 fully saturated rings. The normalized spacial score (nSPS) is 13.5. The molecule has 0 unspecified atom stereocenters. The minimum absolute atomic E-state index is 0.0168. The van der Waals surface area contributed by atoms with Crippen molar-refractivity contribution in [1.82, 2.24) is 9.80 Å². The first kappa shape index (κ1) is 21.5. The zero-order valence-corrected chi connectivity index (χ0v) is 16.4. The van der Waals surface area contributed by atoms with E-state index < -0.39 is 30.4 Å². The van der Waals surface area contributed by atoms with Gasteiger partial charge in [0.1, 0.15) is 6.54 Å². The summed E-state index contributed by atoms with van der Waals surface area (Å²) >= 11 is 0. The van der Waals surface area contributed by atoms with E-state index in [1.807, 2.05) is 6.92 Å². The minimum Gasteiger partial charge on any atom is -0.330 e. The Morgan fingerprint density at radius 2 is 1.53 bits per heavy atom. The largest absolute Gasteiger partial charge is 0.406 e. The average molecular weight is 418 g/mol. The number of benzene rings is 2.